The second kappa shape index (κ2) is 5.37. The average molecular weight is 221 g/mol. The Morgan fingerprint density at radius 2 is 1.87 bits per heavy atom. The maximum Gasteiger partial charge on any atom is 0.0349 e. The lowest BCUT2D eigenvalue weighted by atomic mass is 10.1. The van der Waals surface area contributed by atoms with Gasteiger partial charge in [-0.1, -0.05) is 24.3 Å². The molecule has 15 heavy (non-hydrogen) atoms. The summed E-state index contributed by atoms with van der Waals surface area (Å²) in [6, 6.07) is 11.9. The lowest BCUT2D eigenvalue weighted by molar-refractivity contribution is 1.15. The highest BCUT2D eigenvalue weighted by atomic mass is 35.5. The van der Waals surface area contributed by atoms with E-state index >= 15 is 0 Å². The molecule has 0 saturated carbocycles. The van der Waals surface area contributed by atoms with Crippen LogP contribution in [0.5, 0.6) is 0 Å². The van der Waals surface area contributed by atoms with Crippen LogP contribution in [0.3, 0.4) is 0 Å². The van der Waals surface area contributed by atoms with Gasteiger partial charge in [0.15, 0.2) is 0 Å². The Bertz CT molecular complexity index is 415. The number of benzene rings is 1. The van der Waals surface area contributed by atoms with Gasteiger partial charge in [0.1, 0.15) is 0 Å². The minimum Gasteiger partial charge on any atom is -0.398 e. The van der Waals surface area contributed by atoms with Crippen molar-refractivity contribution in [1.29, 1.82) is 0 Å². The molecule has 0 aliphatic carbocycles. The molecule has 0 fully saturated rings. The number of nitrogens with zero attached hydrogens (tertiary/aromatic N) is 1. The molecule has 0 spiro atoms. The normalized spacial score (nSPS) is 9.33. The van der Waals surface area contributed by atoms with E-state index in [0.717, 1.165) is 17.7 Å². The highest BCUT2D eigenvalue weighted by Gasteiger charge is 1.98. The van der Waals surface area contributed by atoms with Crippen molar-refractivity contribution in [3.8, 4) is 0 Å². The van der Waals surface area contributed by atoms with E-state index in [0.29, 0.717) is 0 Å². The van der Waals surface area contributed by atoms with Gasteiger partial charge in [-0.25, -0.2) is 0 Å². The molecular weight excluding hydrogens is 208 g/mol. The fourth-order valence-corrected chi connectivity index (χ4v) is 1.42. The number of aromatic nitrogens is 1. The smallest absolute Gasteiger partial charge is 0.0349 e. The zero-order valence-electron chi connectivity index (χ0n) is 8.26. The highest BCUT2D eigenvalue weighted by molar-refractivity contribution is 5.85. The van der Waals surface area contributed by atoms with E-state index in [1.54, 1.807) is 6.20 Å². The van der Waals surface area contributed by atoms with Crippen molar-refractivity contribution >= 4 is 18.1 Å². The second-order valence-electron chi connectivity index (χ2n) is 3.24. The molecule has 2 nitrogen and oxygen atoms in total. The van der Waals surface area contributed by atoms with Crippen molar-refractivity contribution in [2.75, 3.05) is 5.73 Å². The van der Waals surface area contributed by atoms with Crippen molar-refractivity contribution in [1.82, 2.24) is 4.98 Å². The number of halogens is 1. The van der Waals surface area contributed by atoms with Crippen LogP contribution in [0.15, 0.2) is 48.8 Å². The van der Waals surface area contributed by atoms with Gasteiger partial charge in [-0.15, -0.1) is 12.4 Å². The Balaban J connectivity index is 0.00000112. The third-order valence-electron chi connectivity index (χ3n) is 2.17. The number of nitrogens with two attached hydrogens (primary N) is 1. The van der Waals surface area contributed by atoms with Crippen LogP contribution in [-0.4, -0.2) is 4.98 Å². The van der Waals surface area contributed by atoms with Crippen molar-refractivity contribution in [3.63, 3.8) is 0 Å². The van der Waals surface area contributed by atoms with E-state index < -0.39 is 0 Å². The van der Waals surface area contributed by atoms with Crippen molar-refractivity contribution in [2.24, 2.45) is 0 Å². The molecule has 2 aromatic rings. The minimum absolute atomic E-state index is 0. The Hall–Kier alpha value is -1.54. The van der Waals surface area contributed by atoms with Gasteiger partial charge >= 0.3 is 0 Å². The number of hydrogen-bond donors (Lipinski definition) is 1. The fourth-order valence-electron chi connectivity index (χ4n) is 1.42. The maximum atomic E-state index is 5.85. The van der Waals surface area contributed by atoms with E-state index in [-0.39, 0.29) is 12.4 Å². The van der Waals surface area contributed by atoms with E-state index in [9.17, 15) is 0 Å². The average Bonchev–Trinajstić information content (AvgIpc) is 2.23. The van der Waals surface area contributed by atoms with Gasteiger partial charge < -0.3 is 5.73 Å². The molecule has 0 atom stereocenters. The largest absolute Gasteiger partial charge is 0.398 e. The zero-order chi connectivity index (χ0) is 9.80. The highest BCUT2D eigenvalue weighted by Crippen LogP contribution is 2.14. The van der Waals surface area contributed by atoms with Crippen LogP contribution in [0.2, 0.25) is 0 Å². The van der Waals surface area contributed by atoms with Crippen LogP contribution in [0.4, 0.5) is 5.69 Å². The number of para-hydroxylation sites is 1. The summed E-state index contributed by atoms with van der Waals surface area (Å²) in [6.45, 7) is 0. The Kier molecular flexibility index (Phi) is 4.13. The molecule has 1 aromatic heterocycles. The van der Waals surface area contributed by atoms with Crippen molar-refractivity contribution in [2.45, 2.75) is 6.42 Å². The van der Waals surface area contributed by atoms with E-state index in [4.69, 9.17) is 5.73 Å². The summed E-state index contributed by atoms with van der Waals surface area (Å²) in [7, 11) is 0. The molecule has 0 amide bonds. The van der Waals surface area contributed by atoms with Crippen LogP contribution in [0.1, 0.15) is 11.1 Å². The van der Waals surface area contributed by atoms with E-state index in [1.165, 1.54) is 5.56 Å². The monoisotopic (exact) mass is 220 g/mol. The summed E-state index contributed by atoms with van der Waals surface area (Å²) in [5.74, 6) is 0. The zero-order valence-corrected chi connectivity index (χ0v) is 9.08. The van der Waals surface area contributed by atoms with Gasteiger partial charge in [-0.3, -0.25) is 4.98 Å². The molecule has 0 bridgehead atoms. The number of rotatable bonds is 2. The van der Waals surface area contributed by atoms with Gasteiger partial charge in [0.2, 0.25) is 0 Å². The molecule has 0 aliphatic rings. The molecule has 78 valence electrons. The van der Waals surface area contributed by atoms with E-state index in [1.807, 2.05) is 36.5 Å². The van der Waals surface area contributed by atoms with Crippen LogP contribution >= 0.6 is 12.4 Å². The van der Waals surface area contributed by atoms with Gasteiger partial charge in [-0.2, -0.15) is 0 Å². The topological polar surface area (TPSA) is 38.9 Å². The van der Waals surface area contributed by atoms with Crippen molar-refractivity contribution < 1.29 is 0 Å². The first-order chi connectivity index (χ1) is 6.86. The molecule has 1 heterocycles. The number of pyridine rings is 1. The first-order valence-electron chi connectivity index (χ1n) is 4.58. The summed E-state index contributed by atoms with van der Waals surface area (Å²) in [6.07, 6.45) is 4.49. The lowest BCUT2D eigenvalue weighted by Gasteiger charge is -2.04. The first kappa shape index (κ1) is 11.5. The molecule has 2 rings (SSSR count). The Morgan fingerprint density at radius 3 is 2.53 bits per heavy atom. The molecule has 0 radical (unpaired) electrons. The summed E-state index contributed by atoms with van der Waals surface area (Å²) in [5.41, 5.74) is 9.03. The molecular formula is C12H13ClN2. The number of anilines is 1. The van der Waals surface area contributed by atoms with Gasteiger partial charge in [0, 0.05) is 24.5 Å². The van der Waals surface area contributed by atoms with Crippen LogP contribution < -0.4 is 5.73 Å². The summed E-state index contributed by atoms with van der Waals surface area (Å²) in [4.78, 5) is 4.07. The van der Waals surface area contributed by atoms with Gasteiger partial charge in [0.25, 0.3) is 0 Å². The van der Waals surface area contributed by atoms with Gasteiger partial charge in [0.05, 0.1) is 0 Å². The van der Waals surface area contributed by atoms with Crippen LogP contribution in [0.25, 0.3) is 0 Å². The third kappa shape index (κ3) is 2.96. The standard InChI is InChI=1S/C12H12N2.ClH/c13-12-6-2-1-5-11(12)8-10-4-3-7-14-9-10;/h1-7,9H,8,13H2;1H. The summed E-state index contributed by atoms with van der Waals surface area (Å²) in [5, 5.41) is 0. The second-order valence-corrected chi connectivity index (χ2v) is 3.24. The van der Waals surface area contributed by atoms with E-state index in [2.05, 4.69) is 11.1 Å². The molecule has 0 saturated heterocycles. The Labute approximate surface area is 95.6 Å². The predicted octanol–water partition coefficient (Wildman–Crippen LogP) is 2.68. The van der Waals surface area contributed by atoms with Crippen LogP contribution in [0, 0.1) is 0 Å². The predicted molar refractivity (Wildman–Crippen MR) is 65.1 cm³/mol. The Morgan fingerprint density at radius 1 is 1.07 bits per heavy atom. The summed E-state index contributed by atoms with van der Waals surface area (Å²) >= 11 is 0. The van der Waals surface area contributed by atoms with Crippen LogP contribution in [-0.2, 0) is 6.42 Å². The quantitative estimate of drug-likeness (QED) is 0.791. The molecule has 0 aliphatic heterocycles. The lowest BCUT2D eigenvalue weighted by Crippen LogP contribution is -1.95. The third-order valence-corrected chi connectivity index (χ3v) is 2.17. The number of nitrogen functional groups attached to an aromatic ring is 1. The summed E-state index contributed by atoms with van der Waals surface area (Å²) < 4.78 is 0. The maximum absolute atomic E-state index is 5.85. The first-order valence-corrected chi connectivity index (χ1v) is 4.58. The molecule has 1 aromatic carbocycles. The fraction of sp³-hybridized carbons (Fsp3) is 0.0833. The van der Waals surface area contributed by atoms with Crippen molar-refractivity contribution in [3.05, 3.63) is 59.9 Å². The van der Waals surface area contributed by atoms with Gasteiger partial charge in [-0.05, 0) is 23.3 Å². The molecule has 3 heteroatoms. The SMILES string of the molecule is Cl.Nc1ccccc1Cc1cccnc1. The minimum atomic E-state index is 0. The molecule has 2 N–H and O–H groups in total. The number of hydrogen-bond acceptors (Lipinski definition) is 2. The molecule has 0 unspecified atom stereocenters.